The quantitative estimate of drug-likeness (QED) is 0.733. The lowest BCUT2D eigenvalue weighted by Crippen LogP contribution is -2.50. The number of hydrogen-bond donors (Lipinski definition) is 1. The van der Waals surface area contributed by atoms with E-state index in [2.05, 4.69) is 0 Å². The summed E-state index contributed by atoms with van der Waals surface area (Å²) in [5.74, 6) is -2.73. The van der Waals surface area contributed by atoms with Crippen molar-refractivity contribution in [3.05, 3.63) is 0 Å². The molecule has 1 N–H and O–H groups in total. The van der Waals surface area contributed by atoms with E-state index in [0.717, 1.165) is 0 Å². The van der Waals surface area contributed by atoms with Crippen molar-refractivity contribution in [1.82, 2.24) is 0 Å². The van der Waals surface area contributed by atoms with E-state index in [-0.39, 0.29) is 30.3 Å². The number of fused-ring (bicyclic) bond motifs is 2. The summed E-state index contributed by atoms with van der Waals surface area (Å²) in [7, 11) is 0. The highest BCUT2D eigenvalue weighted by Gasteiger charge is 2.61. The van der Waals surface area contributed by atoms with Gasteiger partial charge in [-0.3, -0.25) is 0 Å². The number of alkyl halides is 2. The van der Waals surface area contributed by atoms with Gasteiger partial charge in [0.15, 0.2) is 0 Å². The van der Waals surface area contributed by atoms with Gasteiger partial charge in [-0.15, -0.1) is 0 Å². The van der Waals surface area contributed by atoms with Crippen molar-refractivity contribution < 1.29 is 18.6 Å². The Labute approximate surface area is 88.6 Å². The fraction of sp³-hybridized carbons (Fsp3) is 1.00. The predicted octanol–water partition coefficient (Wildman–Crippen LogP) is 2.06. The maximum Gasteiger partial charge on any atom is 0.278 e. The van der Waals surface area contributed by atoms with Crippen molar-refractivity contribution in [1.29, 1.82) is 0 Å². The van der Waals surface area contributed by atoms with Gasteiger partial charge in [0.2, 0.25) is 0 Å². The van der Waals surface area contributed by atoms with Crippen molar-refractivity contribution in [2.75, 3.05) is 0 Å². The van der Waals surface area contributed by atoms with Crippen LogP contribution in [0.2, 0.25) is 0 Å². The molecule has 0 spiro atoms. The Morgan fingerprint density at radius 1 is 1.40 bits per heavy atom. The summed E-state index contributed by atoms with van der Waals surface area (Å²) >= 11 is 0. The maximum absolute atomic E-state index is 13.5. The largest absolute Gasteiger partial charge is 0.390 e. The SMILES string of the molecule is CC(C)[C@@H]1[C@H](C)[C@H]2CC(F)(F)[C@H](O2)[C@H]1O. The molecule has 2 nitrogen and oxygen atoms in total. The molecule has 15 heavy (non-hydrogen) atoms. The fourth-order valence-corrected chi connectivity index (χ4v) is 3.12. The average Bonchev–Trinajstić information content (AvgIpc) is 2.36. The molecular formula is C11H18F2O2. The maximum atomic E-state index is 13.5. The van der Waals surface area contributed by atoms with Gasteiger partial charge in [0, 0.05) is 6.42 Å². The fourth-order valence-electron chi connectivity index (χ4n) is 3.12. The second-order valence-corrected chi connectivity index (χ2v) is 5.23. The molecule has 2 heterocycles. The van der Waals surface area contributed by atoms with Gasteiger partial charge in [-0.25, -0.2) is 8.78 Å². The first-order valence-corrected chi connectivity index (χ1v) is 5.56. The van der Waals surface area contributed by atoms with Crippen LogP contribution in [0.4, 0.5) is 8.78 Å². The van der Waals surface area contributed by atoms with Crippen LogP contribution in [0.15, 0.2) is 0 Å². The third-order valence-corrected chi connectivity index (χ3v) is 3.88. The molecule has 88 valence electrons. The standard InChI is InChI=1S/C11H18F2O2/c1-5(2)8-6(3)7-4-11(12,13)10(15-7)9(8)14/h5-10,14H,4H2,1-3H3/t6-,7-,8-,9+,10-/m1/s1. The monoisotopic (exact) mass is 220 g/mol. The molecule has 0 aromatic carbocycles. The molecule has 0 radical (unpaired) electrons. The number of aliphatic hydroxyl groups excluding tert-OH is 1. The van der Waals surface area contributed by atoms with Gasteiger partial charge >= 0.3 is 0 Å². The summed E-state index contributed by atoms with van der Waals surface area (Å²) in [6, 6.07) is 0. The second-order valence-electron chi connectivity index (χ2n) is 5.23. The van der Waals surface area contributed by atoms with Crippen LogP contribution in [0.5, 0.6) is 0 Å². The zero-order chi connectivity index (χ0) is 11.4. The minimum Gasteiger partial charge on any atom is -0.390 e. The van der Waals surface area contributed by atoms with E-state index < -0.39 is 18.1 Å². The summed E-state index contributed by atoms with van der Waals surface area (Å²) < 4.78 is 32.2. The molecule has 0 unspecified atom stereocenters. The van der Waals surface area contributed by atoms with E-state index in [1.165, 1.54) is 0 Å². The number of ether oxygens (including phenoxy) is 1. The van der Waals surface area contributed by atoms with Gasteiger partial charge < -0.3 is 9.84 Å². The molecule has 2 rings (SSSR count). The second kappa shape index (κ2) is 3.39. The smallest absolute Gasteiger partial charge is 0.278 e. The Morgan fingerprint density at radius 2 is 2.00 bits per heavy atom. The van der Waals surface area contributed by atoms with Gasteiger partial charge in [-0.05, 0) is 17.8 Å². The third-order valence-electron chi connectivity index (χ3n) is 3.88. The van der Waals surface area contributed by atoms with E-state index >= 15 is 0 Å². The Morgan fingerprint density at radius 3 is 2.53 bits per heavy atom. The summed E-state index contributed by atoms with van der Waals surface area (Å²) in [5, 5.41) is 9.93. The predicted molar refractivity (Wildman–Crippen MR) is 51.7 cm³/mol. The Bertz CT molecular complexity index is 255. The Kier molecular flexibility index (Phi) is 2.54. The zero-order valence-corrected chi connectivity index (χ0v) is 9.28. The molecule has 0 aromatic rings. The Balaban J connectivity index is 2.27. The van der Waals surface area contributed by atoms with Crippen LogP contribution >= 0.6 is 0 Å². The molecule has 0 aliphatic carbocycles. The average molecular weight is 220 g/mol. The first-order valence-electron chi connectivity index (χ1n) is 5.56. The first-order chi connectivity index (χ1) is 6.84. The minimum atomic E-state index is -2.86. The summed E-state index contributed by atoms with van der Waals surface area (Å²) in [5.41, 5.74) is 0. The number of aliphatic hydroxyl groups is 1. The van der Waals surface area contributed by atoms with Crippen LogP contribution in [-0.2, 0) is 4.74 Å². The highest BCUT2D eigenvalue weighted by molar-refractivity contribution is 5.03. The Hall–Kier alpha value is -0.220. The lowest BCUT2D eigenvalue weighted by atomic mass is 9.76. The third kappa shape index (κ3) is 1.58. The minimum absolute atomic E-state index is 0.00428. The summed E-state index contributed by atoms with van der Waals surface area (Å²) in [6.07, 6.45) is -2.94. The topological polar surface area (TPSA) is 29.5 Å². The molecule has 2 saturated heterocycles. The molecular weight excluding hydrogens is 202 g/mol. The van der Waals surface area contributed by atoms with Crippen molar-refractivity contribution in [3.63, 3.8) is 0 Å². The van der Waals surface area contributed by atoms with Crippen molar-refractivity contribution >= 4 is 0 Å². The van der Waals surface area contributed by atoms with Gasteiger partial charge in [0.1, 0.15) is 6.10 Å². The van der Waals surface area contributed by atoms with Gasteiger partial charge in [-0.1, -0.05) is 20.8 Å². The molecule has 2 bridgehead atoms. The van der Waals surface area contributed by atoms with Crippen LogP contribution in [0.1, 0.15) is 27.2 Å². The van der Waals surface area contributed by atoms with Gasteiger partial charge in [0.25, 0.3) is 5.92 Å². The van der Waals surface area contributed by atoms with Crippen LogP contribution in [0, 0.1) is 17.8 Å². The number of rotatable bonds is 1. The molecule has 5 atom stereocenters. The van der Waals surface area contributed by atoms with E-state index in [9.17, 15) is 13.9 Å². The molecule has 0 saturated carbocycles. The highest BCUT2D eigenvalue weighted by Crippen LogP contribution is 2.49. The number of halogens is 2. The van der Waals surface area contributed by atoms with Crippen LogP contribution in [-0.4, -0.2) is 29.3 Å². The van der Waals surface area contributed by atoms with E-state index in [1.807, 2.05) is 20.8 Å². The van der Waals surface area contributed by atoms with Crippen LogP contribution < -0.4 is 0 Å². The molecule has 0 amide bonds. The van der Waals surface area contributed by atoms with E-state index in [4.69, 9.17) is 4.74 Å². The van der Waals surface area contributed by atoms with Crippen LogP contribution in [0.25, 0.3) is 0 Å². The van der Waals surface area contributed by atoms with E-state index in [0.29, 0.717) is 0 Å². The first kappa shape index (κ1) is 11.3. The van der Waals surface area contributed by atoms with Crippen molar-refractivity contribution in [2.24, 2.45) is 17.8 Å². The van der Waals surface area contributed by atoms with Crippen molar-refractivity contribution in [3.8, 4) is 0 Å². The molecule has 4 heteroatoms. The highest BCUT2D eigenvalue weighted by atomic mass is 19.3. The van der Waals surface area contributed by atoms with Crippen molar-refractivity contribution in [2.45, 2.75) is 51.4 Å². The molecule has 0 aromatic heterocycles. The number of hydrogen-bond acceptors (Lipinski definition) is 2. The lowest BCUT2D eigenvalue weighted by molar-refractivity contribution is -0.187. The zero-order valence-electron chi connectivity index (χ0n) is 9.28. The lowest BCUT2D eigenvalue weighted by Gasteiger charge is -2.40. The van der Waals surface area contributed by atoms with Gasteiger partial charge in [-0.2, -0.15) is 0 Å². The molecule has 2 aliphatic rings. The molecule has 2 aliphatic heterocycles. The van der Waals surface area contributed by atoms with E-state index in [1.54, 1.807) is 0 Å². The normalized spacial score (nSPS) is 48.6. The van der Waals surface area contributed by atoms with Gasteiger partial charge in [0.05, 0.1) is 12.2 Å². The summed E-state index contributed by atoms with van der Waals surface area (Å²) in [4.78, 5) is 0. The van der Waals surface area contributed by atoms with Crippen LogP contribution in [0.3, 0.4) is 0 Å². The summed E-state index contributed by atoms with van der Waals surface area (Å²) in [6.45, 7) is 5.83. The molecule has 2 fully saturated rings.